The lowest BCUT2D eigenvalue weighted by atomic mass is 10.1. The number of amides is 1. The Morgan fingerprint density at radius 3 is 2.61 bits per heavy atom. The molecule has 1 aromatic rings. The number of nitrogens with two attached hydrogens (primary N) is 1. The number of rotatable bonds is 3. The van der Waals surface area contributed by atoms with Crippen LogP contribution in [0.1, 0.15) is 48.2 Å². The van der Waals surface area contributed by atoms with Crippen LogP contribution in [-0.2, 0) is 6.54 Å². The summed E-state index contributed by atoms with van der Waals surface area (Å²) in [7, 11) is 0. The summed E-state index contributed by atoms with van der Waals surface area (Å²) in [6.45, 7) is 2.84. The van der Waals surface area contributed by atoms with Gasteiger partial charge in [-0.1, -0.05) is 19.3 Å². The number of nitrogens with one attached hydrogen (secondary N) is 1. The van der Waals surface area contributed by atoms with E-state index in [-0.39, 0.29) is 5.91 Å². The van der Waals surface area contributed by atoms with Crippen LogP contribution in [0.4, 0.5) is 0 Å². The van der Waals surface area contributed by atoms with E-state index in [9.17, 15) is 4.79 Å². The van der Waals surface area contributed by atoms with E-state index in [0.717, 1.165) is 13.1 Å². The molecule has 0 bridgehead atoms. The third kappa shape index (κ3) is 3.34. The van der Waals surface area contributed by atoms with Crippen molar-refractivity contribution in [2.45, 2.75) is 38.6 Å². The zero-order valence-corrected chi connectivity index (χ0v) is 10.7. The average Bonchev–Trinajstić information content (AvgIpc) is 2.79. The van der Waals surface area contributed by atoms with E-state index in [1.54, 1.807) is 12.3 Å². The van der Waals surface area contributed by atoms with Crippen LogP contribution in [0.15, 0.2) is 16.7 Å². The van der Waals surface area contributed by atoms with Gasteiger partial charge in [-0.05, 0) is 32.0 Å². The number of carbonyl (C=O) groups is 1. The van der Waals surface area contributed by atoms with Gasteiger partial charge in [-0.3, -0.25) is 15.1 Å². The molecular weight excluding hydrogens is 230 g/mol. The van der Waals surface area contributed by atoms with Gasteiger partial charge in [0.25, 0.3) is 5.91 Å². The number of carbonyl (C=O) groups excluding carboxylic acids is 1. The number of hydrogen-bond donors (Lipinski definition) is 2. The summed E-state index contributed by atoms with van der Waals surface area (Å²) in [4.78, 5) is 13.9. The number of likely N-dealkylation sites (tertiary alicyclic amines) is 1. The van der Waals surface area contributed by atoms with Crippen LogP contribution in [0.25, 0.3) is 0 Å². The van der Waals surface area contributed by atoms with Gasteiger partial charge in [-0.25, -0.2) is 5.84 Å². The normalized spacial score (nSPS) is 18.1. The molecule has 0 unspecified atom stereocenters. The number of furan rings is 1. The van der Waals surface area contributed by atoms with Crippen LogP contribution in [-0.4, -0.2) is 23.9 Å². The maximum atomic E-state index is 11.5. The first-order chi connectivity index (χ1) is 8.81. The summed E-state index contributed by atoms with van der Waals surface area (Å²) in [5, 5.41) is 0. The van der Waals surface area contributed by atoms with Crippen molar-refractivity contribution in [2.24, 2.45) is 5.84 Å². The molecule has 5 nitrogen and oxygen atoms in total. The molecule has 2 heterocycles. The molecule has 1 saturated heterocycles. The second-order valence-electron chi connectivity index (χ2n) is 4.77. The monoisotopic (exact) mass is 251 g/mol. The first kappa shape index (κ1) is 13.1. The highest BCUT2D eigenvalue weighted by atomic mass is 16.3. The predicted octanol–water partition coefficient (Wildman–Crippen LogP) is 1.65. The lowest BCUT2D eigenvalue weighted by molar-refractivity contribution is 0.0949. The number of nitrogens with zero attached hydrogens (tertiary/aromatic N) is 1. The maximum absolute atomic E-state index is 11.5. The van der Waals surface area contributed by atoms with Crippen LogP contribution in [0, 0.1) is 0 Å². The van der Waals surface area contributed by atoms with E-state index in [0.29, 0.717) is 17.9 Å². The van der Waals surface area contributed by atoms with Gasteiger partial charge in [0.05, 0.1) is 18.4 Å². The van der Waals surface area contributed by atoms with Gasteiger partial charge in [0.15, 0.2) is 0 Å². The van der Waals surface area contributed by atoms with Gasteiger partial charge >= 0.3 is 0 Å². The van der Waals surface area contributed by atoms with E-state index in [1.807, 2.05) is 0 Å². The maximum Gasteiger partial charge on any atom is 0.268 e. The van der Waals surface area contributed by atoms with Crippen molar-refractivity contribution in [2.75, 3.05) is 13.1 Å². The molecule has 5 heteroatoms. The molecule has 1 aliphatic rings. The van der Waals surface area contributed by atoms with Crippen molar-refractivity contribution < 1.29 is 9.21 Å². The van der Waals surface area contributed by atoms with E-state index < -0.39 is 0 Å². The summed E-state index contributed by atoms with van der Waals surface area (Å²) in [6.07, 6.45) is 7.92. The third-order valence-corrected chi connectivity index (χ3v) is 3.44. The molecule has 18 heavy (non-hydrogen) atoms. The number of hydrazine groups is 1. The van der Waals surface area contributed by atoms with Gasteiger partial charge in [0.1, 0.15) is 5.76 Å². The summed E-state index contributed by atoms with van der Waals surface area (Å²) >= 11 is 0. The van der Waals surface area contributed by atoms with Gasteiger partial charge in [0, 0.05) is 0 Å². The van der Waals surface area contributed by atoms with E-state index in [2.05, 4.69) is 10.3 Å². The molecule has 3 N–H and O–H groups in total. The van der Waals surface area contributed by atoms with Crippen LogP contribution in [0.3, 0.4) is 0 Å². The molecule has 1 aromatic heterocycles. The van der Waals surface area contributed by atoms with Crippen LogP contribution < -0.4 is 11.3 Å². The van der Waals surface area contributed by atoms with E-state index >= 15 is 0 Å². The third-order valence-electron chi connectivity index (χ3n) is 3.44. The van der Waals surface area contributed by atoms with E-state index in [4.69, 9.17) is 10.3 Å². The summed E-state index contributed by atoms with van der Waals surface area (Å²) in [6, 6.07) is 1.67. The van der Waals surface area contributed by atoms with Crippen LogP contribution >= 0.6 is 0 Å². The molecule has 0 spiro atoms. The Bertz CT molecular complexity index is 381. The number of hydrogen-bond acceptors (Lipinski definition) is 4. The Kier molecular flexibility index (Phi) is 4.78. The molecule has 0 radical (unpaired) electrons. The SMILES string of the molecule is NNC(=O)c1ccoc1CN1CCCCCCC1. The standard InChI is InChI=1S/C13H21N3O2/c14-15-13(17)11-6-9-18-12(11)10-16-7-4-2-1-3-5-8-16/h6,9H,1-5,7-8,10,14H2,(H,15,17). The highest BCUT2D eigenvalue weighted by molar-refractivity contribution is 5.94. The van der Waals surface area contributed by atoms with Crippen molar-refractivity contribution in [1.82, 2.24) is 10.3 Å². The van der Waals surface area contributed by atoms with Crippen molar-refractivity contribution >= 4 is 5.91 Å². The second-order valence-corrected chi connectivity index (χ2v) is 4.77. The minimum atomic E-state index is -0.286. The van der Waals surface area contributed by atoms with Crippen molar-refractivity contribution in [3.63, 3.8) is 0 Å². The minimum Gasteiger partial charge on any atom is -0.467 e. The molecule has 1 fully saturated rings. The molecule has 0 saturated carbocycles. The van der Waals surface area contributed by atoms with Crippen molar-refractivity contribution in [1.29, 1.82) is 0 Å². The van der Waals surface area contributed by atoms with E-state index in [1.165, 1.54) is 32.1 Å². The Hall–Kier alpha value is -1.33. The zero-order valence-electron chi connectivity index (χ0n) is 10.7. The van der Waals surface area contributed by atoms with Gasteiger partial charge in [-0.2, -0.15) is 0 Å². The lowest BCUT2D eigenvalue weighted by Crippen LogP contribution is -2.32. The first-order valence-electron chi connectivity index (χ1n) is 6.61. The van der Waals surface area contributed by atoms with Gasteiger partial charge in [0.2, 0.25) is 0 Å². The molecule has 0 aromatic carbocycles. The molecular formula is C13H21N3O2. The topological polar surface area (TPSA) is 71.5 Å². The fourth-order valence-corrected chi connectivity index (χ4v) is 2.42. The Morgan fingerprint density at radius 1 is 1.28 bits per heavy atom. The van der Waals surface area contributed by atoms with Crippen molar-refractivity contribution in [3.05, 3.63) is 23.7 Å². The Morgan fingerprint density at radius 2 is 1.94 bits per heavy atom. The predicted molar refractivity (Wildman–Crippen MR) is 68.7 cm³/mol. The zero-order chi connectivity index (χ0) is 12.8. The summed E-state index contributed by atoms with van der Waals surface area (Å²) in [5.41, 5.74) is 2.69. The Balaban J connectivity index is 1.99. The summed E-state index contributed by atoms with van der Waals surface area (Å²) < 4.78 is 5.40. The highest BCUT2D eigenvalue weighted by Crippen LogP contribution is 2.16. The molecule has 1 aliphatic heterocycles. The minimum absolute atomic E-state index is 0.286. The van der Waals surface area contributed by atoms with Crippen LogP contribution in [0.2, 0.25) is 0 Å². The van der Waals surface area contributed by atoms with Gasteiger partial charge in [-0.15, -0.1) is 0 Å². The first-order valence-corrected chi connectivity index (χ1v) is 6.61. The fourth-order valence-electron chi connectivity index (χ4n) is 2.42. The number of nitrogen functional groups attached to an aromatic ring is 1. The second kappa shape index (κ2) is 6.56. The molecule has 1 amide bonds. The molecule has 0 atom stereocenters. The molecule has 100 valence electrons. The lowest BCUT2D eigenvalue weighted by Gasteiger charge is -2.23. The van der Waals surface area contributed by atoms with Crippen LogP contribution in [0.5, 0.6) is 0 Å². The van der Waals surface area contributed by atoms with Crippen molar-refractivity contribution in [3.8, 4) is 0 Å². The highest BCUT2D eigenvalue weighted by Gasteiger charge is 2.17. The Labute approximate surface area is 107 Å². The average molecular weight is 251 g/mol. The molecule has 0 aliphatic carbocycles. The largest absolute Gasteiger partial charge is 0.467 e. The molecule has 2 rings (SSSR count). The smallest absolute Gasteiger partial charge is 0.268 e. The fraction of sp³-hybridized carbons (Fsp3) is 0.615. The summed E-state index contributed by atoms with van der Waals surface area (Å²) in [5.74, 6) is 5.58. The van der Waals surface area contributed by atoms with Gasteiger partial charge < -0.3 is 4.42 Å². The quantitative estimate of drug-likeness (QED) is 0.487.